The molecule has 1 N–H and O–H groups in total. The maximum absolute atomic E-state index is 12.5. The molecular formula is C23H26N4O. The van der Waals surface area contributed by atoms with Crippen molar-refractivity contribution in [3.05, 3.63) is 76.9 Å². The van der Waals surface area contributed by atoms with Gasteiger partial charge in [0, 0.05) is 30.1 Å². The van der Waals surface area contributed by atoms with Gasteiger partial charge in [-0.15, -0.1) is 0 Å². The van der Waals surface area contributed by atoms with Gasteiger partial charge in [-0.05, 0) is 68.4 Å². The number of nitrogens with one attached hydrogen (secondary N) is 1. The number of amides is 1. The van der Waals surface area contributed by atoms with Crippen LogP contribution in [0.2, 0.25) is 0 Å². The van der Waals surface area contributed by atoms with Crippen LogP contribution in [-0.2, 0) is 17.6 Å². The second-order valence-corrected chi connectivity index (χ2v) is 7.55. The topological polar surface area (TPSA) is 59.8 Å². The molecule has 28 heavy (non-hydrogen) atoms. The van der Waals surface area contributed by atoms with Crippen LogP contribution in [0.5, 0.6) is 0 Å². The first-order chi connectivity index (χ1) is 13.6. The van der Waals surface area contributed by atoms with Gasteiger partial charge in [0.2, 0.25) is 5.91 Å². The summed E-state index contributed by atoms with van der Waals surface area (Å²) in [4.78, 5) is 16.6. The highest BCUT2D eigenvalue weighted by Crippen LogP contribution is 2.32. The molecule has 4 rings (SSSR count). The molecule has 2 aromatic heterocycles. The van der Waals surface area contributed by atoms with Gasteiger partial charge in [-0.25, -0.2) is 4.68 Å². The molecule has 0 spiro atoms. The van der Waals surface area contributed by atoms with Gasteiger partial charge in [-0.3, -0.25) is 9.78 Å². The van der Waals surface area contributed by atoms with E-state index < -0.39 is 0 Å². The molecule has 0 unspecified atom stereocenters. The number of hydrogen-bond acceptors (Lipinski definition) is 3. The van der Waals surface area contributed by atoms with Crippen molar-refractivity contribution >= 4 is 5.91 Å². The lowest BCUT2D eigenvalue weighted by atomic mass is 9.92. The number of aromatic nitrogens is 3. The van der Waals surface area contributed by atoms with E-state index in [1.165, 1.54) is 16.8 Å². The Bertz CT molecular complexity index is 978. The SMILES string of the molecule is Cc1cccc(-n2ncc3c2CCC[C@H]3NC(=O)CCc2cccnc2)c1C. The Kier molecular flexibility index (Phi) is 5.24. The number of fused-ring (bicyclic) bond motifs is 1. The maximum atomic E-state index is 12.5. The van der Waals surface area contributed by atoms with E-state index in [-0.39, 0.29) is 11.9 Å². The fourth-order valence-corrected chi connectivity index (χ4v) is 3.95. The third-order valence-electron chi connectivity index (χ3n) is 5.69. The molecule has 0 saturated heterocycles. The molecule has 144 valence electrons. The van der Waals surface area contributed by atoms with Crippen LogP contribution in [0.25, 0.3) is 5.69 Å². The lowest BCUT2D eigenvalue weighted by molar-refractivity contribution is -0.121. The molecule has 3 aromatic rings. The van der Waals surface area contributed by atoms with Crippen molar-refractivity contribution in [3.63, 3.8) is 0 Å². The average molecular weight is 374 g/mol. The van der Waals surface area contributed by atoms with Crippen molar-refractivity contribution in [2.24, 2.45) is 0 Å². The number of aryl methyl sites for hydroxylation is 2. The Hall–Kier alpha value is -2.95. The zero-order valence-electron chi connectivity index (χ0n) is 16.5. The van der Waals surface area contributed by atoms with Crippen LogP contribution in [0.4, 0.5) is 0 Å². The number of benzene rings is 1. The van der Waals surface area contributed by atoms with Crippen LogP contribution < -0.4 is 5.32 Å². The summed E-state index contributed by atoms with van der Waals surface area (Å²) in [5.74, 6) is 0.0844. The van der Waals surface area contributed by atoms with E-state index in [1.807, 2.05) is 24.5 Å². The number of carbonyl (C=O) groups is 1. The first-order valence-electron chi connectivity index (χ1n) is 9.95. The number of carbonyl (C=O) groups excluding carboxylic acids is 1. The van der Waals surface area contributed by atoms with Gasteiger partial charge in [0.1, 0.15) is 0 Å². The van der Waals surface area contributed by atoms with Crippen molar-refractivity contribution in [2.75, 3.05) is 0 Å². The standard InChI is InChI=1S/C23H26N4O/c1-16-6-3-9-21(17(16)2)27-22-10-4-8-20(19(22)15-25-27)26-23(28)12-11-18-7-5-13-24-14-18/h3,5-7,9,13-15,20H,4,8,10-12H2,1-2H3,(H,26,28)/t20-/m1/s1. The zero-order valence-corrected chi connectivity index (χ0v) is 16.5. The first-order valence-corrected chi connectivity index (χ1v) is 9.95. The Balaban J connectivity index is 1.49. The molecule has 0 radical (unpaired) electrons. The molecule has 1 atom stereocenters. The lowest BCUT2D eigenvalue weighted by Crippen LogP contribution is -2.31. The van der Waals surface area contributed by atoms with Crippen LogP contribution in [0.3, 0.4) is 0 Å². The minimum Gasteiger partial charge on any atom is -0.349 e. The molecule has 1 aliphatic rings. The summed E-state index contributed by atoms with van der Waals surface area (Å²) in [5, 5.41) is 7.90. The van der Waals surface area contributed by atoms with E-state index in [0.717, 1.165) is 36.1 Å². The number of pyridine rings is 1. The molecule has 1 amide bonds. The van der Waals surface area contributed by atoms with Gasteiger partial charge in [0.05, 0.1) is 17.9 Å². The molecule has 1 aromatic carbocycles. The third-order valence-corrected chi connectivity index (χ3v) is 5.69. The van der Waals surface area contributed by atoms with Crippen molar-refractivity contribution in [3.8, 4) is 5.69 Å². The number of rotatable bonds is 5. The van der Waals surface area contributed by atoms with E-state index in [9.17, 15) is 4.79 Å². The van der Waals surface area contributed by atoms with Crippen LogP contribution in [0.1, 0.15) is 53.3 Å². The Morgan fingerprint density at radius 1 is 1.21 bits per heavy atom. The van der Waals surface area contributed by atoms with Crippen LogP contribution in [0.15, 0.2) is 48.9 Å². The Morgan fingerprint density at radius 3 is 2.93 bits per heavy atom. The minimum absolute atomic E-state index is 0.0454. The molecule has 2 heterocycles. The molecule has 0 aliphatic heterocycles. The highest BCUT2D eigenvalue weighted by atomic mass is 16.1. The number of hydrogen-bond donors (Lipinski definition) is 1. The average Bonchev–Trinajstić information content (AvgIpc) is 3.14. The third kappa shape index (κ3) is 3.70. The highest BCUT2D eigenvalue weighted by Gasteiger charge is 2.26. The fourth-order valence-electron chi connectivity index (χ4n) is 3.95. The zero-order chi connectivity index (χ0) is 19.5. The van der Waals surface area contributed by atoms with Gasteiger partial charge < -0.3 is 5.32 Å². The summed E-state index contributed by atoms with van der Waals surface area (Å²) in [5.41, 5.74) is 7.10. The predicted octanol–water partition coefficient (Wildman–Crippen LogP) is 4.01. The summed E-state index contributed by atoms with van der Waals surface area (Å²) in [6.07, 6.45) is 9.69. The Labute approximate surface area is 165 Å². The van der Waals surface area contributed by atoms with Gasteiger partial charge in [-0.1, -0.05) is 18.2 Å². The predicted molar refractivity (Wildman–Crippen MR) is 109 cm³/mol. The van der Waals surface area contributed by atoms with Gasteiger partial charge in [-0.2, -0.15) is 5.10 Å². The maximum Gasteiger partial charge on any atom is 0.220 e. The van der Waals surface area contributed by atoms with Crippen molar-refractivity contribution in [1.82, 2.24) is 20.1 Å². The van der Waals surface area contributed by atoms with E-state index in [4.69, 9.17) is 0 Å². The van der Waals surface area contributed by atoms with Crippen LogP contribution in [0, 0.1) is 13.8 Å². The molecule has 5 nitrogen and oxygen atoms in total. The largest absolute Gasteiger partial charge is 0.349 e. The fraction of sp³-hybridized carbons (Fsp3) is 0.348. The van der Waals surface area contributed by atoms with Gasteiger partial charge in [0.15, 0.2) is 0 Å². The minimum atomic E-state index is 0.0454. The van der Waals surface area contributed by atoms with Crippen molar-refractivity contribution in [1.29, 1.82) is 0 Å². The van der Waals surface area contributed by atoms with Crippen LogP contribution in [-0.4, -0.2) is 20.7 Å². The number of nitrogens with zero attached hydrogens (tertiary/aromatic N) is 3. The summed E-state index contributed by atoms with van der Waals surface area (Å²) < 4.78 is 2.06. The van der Waals surface area contributed by atoms with Gasteiger partial charge >= 0.3 is 0 Å². The Morgan fingerprint density at radius 2 is 2.11 bits per heavy atom. The smallest absolute Gasteiger partial charge is 0.220 e. The molecule has 0 saturated carbocycles. The molecule has 0 bridgehead atoms. The summed E-state index contributed by atoms with van der Waals surface area (Å²) >= 11 is 0. The summed E-state index contributed by atoms with van der Waals surface area (Å²) in [6.45, 7) is 4.26. The highest BCUT2D eigenvalue weighted by molar-refractivity contribution is 5.76. The van der Waals surface area contributed by atoms with E-state index in [1.54, 1.807) is 6.20 Å². The lowest BCUT2D eigenvalue weighted by Gasteiger charge is -2.24. The van der Waals surface area contributed by atoms with E-state index in [2.05, 4.69) is 52.1 Å². The van der Waals surface area contributed by atoms with Crippen molar-refractivity contribution < 1.29 is 4.79 Å². The quantitative estimate of drug-likeness (QED) is 0.734. The molecule has 0 fully saturated rings. The van der Waals surface area contributed by atoms with E-state index >= 15 is 0 Å². The molecule has 5 heteroatoms. The molecular weight excluding hydrogens is 348 g/mol. The second-order valence-electron chi connectivity index (χ2n) is 7.55. The van der Waals surface area contributed by atoms with Crippen LogP contribution >= 0.6 is 0 Å². The second kappa shape index (κ2) is 7.97. The normalized spacial score (nSPS) is 15.9. The summed E-state index contributed by atoms with van der Waals surface area (Å²) in [6, 6.07) is 10.3. The monoisotopic (exact) mass is 374 g/mol. The molecule has 1 aliphatic carbocycles. The van der Waals surface area contributed by atoms with Crippen molar-refractivity contribution in [2.45, 2.75) is 52.0 Å². The van der Waals surface area contributed by atoms with Gasteiger partial charge in [0.25, 0.3) is 0 Å². The summed E-state index contributed by atoms with van der Waals surface area (Å²) in [7, 11) is 0. The first kappa shape index (κ1) is 18.4. The van der Waals surface area contributed by atoms with E-state index in [0.29, 0.717) is 12.8 Å².